The van der Waals surface area contributed by atoms with E-state index in [4.69, 9.17) is 4.74 Å². The van der Waals surface area contributed by atoms with Gasteiger partial charge in [-0.1, -0.05) is 24.3 Å². The first-order chi connectivity index (χ1) is 12.6. The van der Waals surface area contributed by atoms with Crippen molar-refractivity contribution in [2.75, 3.05) is 14.2 Å². The van der Waals surface area contributed by atoms with Gasteiger partial charge in [-0.15, -0.1) is 0 Å². The van der Waals surface area contributed by atoms with Crippen LogP contribution in [0.1, 0.15) is 24.1 Å². The second-order valence-corrected chi connectivity index (χ2v) is 6.14. The van der Waals surface area contributed by atoms with E-state index < -0.39 is 0 Å². The summed E-state index contributed by atoms with van der Waals surface area (Å²) in [6.45, 7) is 2.02. The third-order valence-electron chi connectivity index (χ3n) is 4.52. The largest absolute Gasteiger partial charge is 0.497 e. The number of rotatable bonds is 6. The molecule has 1 heterocycles. The van der Waals surface area contributed by atoms with Crippen LogP contribution in [0.2, 0.25) is 0 Å². The van der Waals surface area contributed by atoms with Gasteiger partial charge in [0.15, 0.2) is 0 Å². The predicted molar refractivity (Wildman–Crippen MR) is 99.2 cm³/mol. The van der Waals surface area contributed by atoms with Crippen molar-refractivity contribution in [1.82, 2.24) is 19.7 Å². The van der Waals surface area contributed by atoms with Crippen molar-refractivity contribution >= 4 is 5.91 Å². The number of hydrogen-bond donors (Lipinski definition) is 0. The number of aromatic nitrogens is 3. The molecule has 26 heavy (non-hydrogen) atoms. The van der Waals surface area contributed by atoms with Crippen molar-refractivity contribution in [3.05, 3.63) is 72.3 Å². The van der Waals surface area contributed by atoms with E-state index >= 15 is 0 Å². The maximum Gasteiger partial charge on any atom is 0.227 e. The second kappa shape index (κ2) is 7.82. The van der Waals surface area contributed by atoms with Gasteiger partial charge < -0.3 is 9.64 Å². The van der Waals surface area contributed by atoms with E-state index in [2.05, 4.69) is 10.1 Å². The van der Waals surface area contributed by atoms with E-state index in [1.807, 2.05) is 62.5 Å². The minimum absolute atomic E-state index is 0.0297. The molecular formula is C20H22N4O2. The maximum absolute atomic E-state index is 12.6. The Kier molecular flexibility index (Phi) is 5.31. The fourth-order valence-electron chi connectivity index (χ4n) is 2.77. The highest BCUT2D eigenvalue weighted by atomic mass is 16.5. The summed E-state index contributed by atoms with van der Waals surface area (Å²) in [5.41, 5.74) is 2.94. The van der Waals surface area contributed by atoms with Crippen LogP contribution in [0.5, 0.6) is 5.75 Å². The normalized spacial score (nSPS) is 11.8. The molecular weight excluding hydrogens is 328 g/mol. The lowest BCUT2D eigenvalue weighted by Gasteiger charge is -2.25. The highest BCUT2D eigenvalue weighted by molar-refractivity contribution is 5.79. The van der Waals surface area contributed by atoms with Crippen molar-refractivity contribution in [3.8, 4) is 11.4 Å². The van der Waals surface area contributed by atoms with Gasteiger partial charge in [0, 0.05) is 7.05 Å². The van der Waals surface area contributed by atoms with Gasteiger partial charge in [-0.3, -0.25) is 4.79 Å². The third kappa shape index (κ3) is 3.91. The summed E-state index contributed by atoms with van der Waals surface area (Å²) in [5, 5.41) is 4.12. The van der Waals surface area contributed by atoms with E-state index in [9.17, 15) is 4.79 Å². The van der Waals surface area contributed by atoms with Crippen LogP contribution in [0.25, 0.3) is 5.69 Å². The lowest BCUT2D eigenvalue weighted by atomic mass is 10.1. The van der Waals surface area contributed by atoms with Gasteiger partial charge in [0.2, 0.25) is 5.91 Å². The Morgan fingerprint density at radius 1 is 1.23 bits per heavy atom. The summed E-state index contributed by atoms with van der Waals surface area (Å²) in [7, 11) is 3.45. The van der Waals surface area contributed by atoms with Crippen LogP contribution in [0.3, 0.4) is 0 Å². The Morgan fingerprint density at radius 2 is 2.00 bits per heavy atom. The van der Waals surface area contributed by atoms with Crippen LogP contribution in [0, 0.1) is 0 Å². The van der Waals surface area contributed by atoms with E-state index in [1.54, 1.807) is 23.0 Å². The highest BCUT2D eigenvalue weighted by Gasteiger charge is 2.18. The molecule has 0 fully saturated rings. The molecule has 1 atom stereocenters. The summed E-state index contributed by atoms with van der Waals surface area (Å²) in [6.07, 6.45) is 3.50. The zero-order valence-corrected chi connectivity index (χ0v) is 15.2. The fourth-order valence-corrected chi connectivity index (χ4v) is 2.77. The van der Waals surface area contributed by atoms with Crippen molar-refractivity contribution < 1.29 is 9.53 Å². The van der Waals surface area contributed by atoms with Gasteiger partial charge in [0.1, 0.15) is 18.4 Å². The minimum Gasteiger partial charge on any atom is -0.497 e. The van der Waals surface area contributed by atoms with Crippen molar-refractivity contribution in [2.24, 2.45) is 0 Å². The summed E-state index contributed by atoms with van der Waals surface area (Å²) >= 11 is 0. The number of nitrogens with zero attached hydrogens (tertiary/aromatic N) is 4. The molecule has 0 aliphatic carbocycles. The standard InChI is InChI=1S/C20H22N4O2/c1-15(17-7-9-18(10-8-17)24-14-21-13-22-24)23(2)20(25)12-16-5-4-6-19(11-16)26-3/h4-11,13-15H,12H2,1-3H3. The molecule has 1 amide bonds. The third-order valence-corrected chi connectivity index (χ3v) is 4.52. The first kappa shape index (κ1) is 17.7. The number of benzene rings is 2. The molecule has 0 aliphatic rings. The maximum atomic E-state index is 12.6. The van der Waals surface area contributed by atoms with E-state index in [0.717, 1.165) is 22.6 Å². The molecule has 134 valence electrons. The van der Waals surface area contributed by atoms with Crippen molar-refractivity contribution in [3.63, 3.8) is 0 Å². The van der Waals surface area contributed by atoms with Gasteiger partial charge >= 0.3 is 0 Å². The zero-order chi connectivity index (χ0) is 18.5. The Morgan fingerprint density at radius 3 is 2.65 bits per heavy atom. The molecule has 0 saturated carbocycles. The number of methoxy groups -OCH3 is 1. The van der Waals surface area contributed by atoms with Gasteiger partial charge in [0.25, 0.3) is 0 Å². The molecule has 3 rings (SSSR count). The van der Waals surface area contributed by atoms with E-state index in [1.165, 1.54) is 6.33 Å². The molecule has 2 aromatic carbocycles. The van der Waals surface area contributed by atoms with E-state index in [0.29, 0.717) is 6.42 Å². The molecule has 0 radical (unpaired) electrons. The number of amides is 1. The second-order valence-electron chi connectivity index (χ2n) is 6.14. The first-order valence-electron chi connectivity index (χ1n) is 8.42. The van der Waals surface area contributed by atoms with E-state index in [-0.39, 0.29) is 11.9 Å². The van der Waals surface area contributed by atoms with Crippen LogP contribution >= 0.6 is 0 Å². The highest BCUT2D eigenvalue weighted by Crippen LogP contribution is 2.22. The number of ether oxygens (including phenoxy) is 1. The molecule has 0 spiro atoms. The van der Waals surface area contributed by atoms with Gasteiger partial charge in [-0.05, 0) is 42.3 Å². The lowest BCUT2D eigenvalue weighted by molar-refractivity contribution is -0.131. The summed E-state index contributed by atoms with van der Waals surface area (Å²) < 4.78 is 6.92. The monoisotopic (exact) mass is 350 g/mol. The van der Waals surface area contributed by atoms with Gasteiger partial charge in [0.05, 0.1) is 25.3 Å². The van der Waals surface area contributed by atoms with Crippen LogP contribution in [-0.2, 0) is 11.2 Å². The molecule has 1 aromatic heterocycles. The molecule has 6 heteroatoms. The topological polar surface area (TPSA) is 60.2 Å². The molecule has 0 saturated heterocycles. The van der Waals surface area contributed by atoms with Crippen LogP contribution in [-0.4, -0.2) is 39.7 Å². The van der Waals surface area contributed by atoms with Crippen molar-refractivity contribution in [2.45, 2.75) is 19.4 Å². The average Bonchev–Trinajstić information content (AvgIpc) is 3.22. The smallest absolute Gasteiger partial charge is 0.227 e. The predicted octanol–water partition coefficient (Wildman–Crippen LogP) is 3.04. The Hall–Kier alpha value is -3.15. The summed E-state index contributed by atoms with van der Waals surface area (Å²) in [4.78, 5) is 18.4. The number of carbonyl (C=O) groups excluding carboxylic acids is 1. The van der Waals surface area contributed by atoms with Crippen LogP contribution < -0.4 is 4.74 Å². The first-order valence-corrected chi connectivity index (χ1v) is 8.42. The Bertz CT molecular complexity index is 860. The lowest BCUT2D eigenvalue weighted by Crippen LogP contribution is -2.31. The Labute approximate surface area is 153 Å². The molecule has 6 nitrogen and oxygen atoms in total. The van der Waals surface area contributed by atoms with Gasteiger partial charge in [-0.2, -0.15) is 5.10 Å². The fraction of sp³-hybridized carbons (Fsp3) is 0.250. The number of hydrogen-bond acceptors (Lipinski definition) is 4. The quantitative estimate of drug-likeness (QED) is 0.686. The molecule has 0 N–H and O–H groups in total. The summed E-state index contributed by atoms with van der Waals surface area (Å²) in [6, 6.07) is 15.5. The van der Waals surface area contributed by atoms with Gasteiger partial charge in [-0.25, -0.2) is 9.67 Å². The SMILES string of the molecule is COc1cccc(CC(=O)N(C)C(C)c2ccc(-n3cncn3)cc2)c1. The molecule has 1 unspecified atom stereocenters. The molecule has 3 aromatic rings. The van der Waals surface area contributed by atoms with Crippen molar-refractivity contribution in [1.29, 1.82) is 0 Å². The molecule has 0 aliphatic heterocycles. The minimum atomic E-state index is -0.0297. The summed E-state index contributed by atoms with van der Waals surface area (Å²) in [5.74, 6) is 0.820. The van der Waals surface area contributed by atoms with Crippen LogP contribution in [0.4, 0.5) is 0 Å². The van der Waals surface area contributed by atoms with Crippen LogP contribution in [0.15, 0.2) is 61.2 Å². The average molecular weight is 350 g/mol. The zero-order valence-electron chi connectivity index (χ0n) is 15.2. The molecule has 0 bridgehead atoms. The number of carbonyl (C=O) groups is 1. The number of likely N-dealkylation sites (N-methyl/N-ethyl adjacent to an activating group) is 1. The Balaban J connectivity index is 1.68.